The number of carbonyl (C=O) groups is 1. The summed E-state index contributed by atoms with van der Waals surface area (Å²) in [5.74, 6) is 1.41. The SMILES string of the molecule is CCn1c(N)nc2cc(C(=O)N3CCC3C3CC3)ccc21. The molecule has 5 nitrogen and oxygen atoms in total. The number of fused-ring (bicyclic) bond motifs is 1. The average molecular weight is 284 g/mol. The molecular formula is C16H20N4O. The minimum Gasteiger partial charge on any atom is -0.369 e. The van der Waals surface area contributed by atoms with Crippen LogP contribution in [0.25, 0.3) is 11.0 Å². The number of hydrogen-bond acceptors (Lipinski definition) is 3. The van der Waals surface area contributed by atoms with E-state index in [4.69, 9.17) is 5.73 Å². The first-order valence-corrected chi connectivity index (χ1v) is 7.75. The van der Waals surface area contributed by atoms with Crippen LogP contribution < -0.4 is 5.73 Å². The summed E-state index contributed by atoms with van der Waals surface area (Å²) in [6, 6.07) is 6.22. The fourth-order valence-corrected chi connectivity index (χ4v) is 3.41. The van der Waals surface area contributed by atoms with Gasteiger partial charge in [0.2, 0.25) is 5.95 Å². The molecule has 1 aliphatic heterocycles. The summed E-state index contributed by atoms with van der Waals surface area (Å²) < 4.78 is 1.96. The molecule has 1 atom stereocenters. The van der Waals surface area contributed by atoms with Crippen molar-refractivity contribution in [2.45, 2.75) is 38.8 Å². The highest BCUT2D eigenvalue weighted by Gasteiger charge is 2.42. The predicted molar refractivity (Wildman–Crippen MR) is 82.0 cm³/mol. The summed E-state index contributed by atoms with van der Waals surface area (Å²) in [7, 11) is 0. The summed E-state index contributed by atoms with van der Waals surface area (Å²) in [5.41, 5.74) is 8.45. The van der Waals surface area contributed by atoms with Crippen molar-refractivity contribution < 1.29 is 4.79 Å². The number of benzene rings is 1. The lowest BCUT2D eigenvalue weighted by Gasteiger charge is -2.41. The maximum atomic E-state index is 12.6. The van der Waals surface area contributed by atoms with E-state index in [-0.39, 0.29) is 5.91 Å². The molecule has 21 heavy (non-hydrogen) atoms. The normalized spacial score (nSPS) is 21.6. The number of aromatic nitrogens is 2. The minimum absolute atomic E-state index is 0.143. The van der Waals surface area contributed by atoms with Crippen molar-refractivity contribution in [2.75, 3.05) is 12.3 Å². The van der Waals surface area contributed by atoms with Crippen molar-refractivity contribution >= 4 is 22.9 Å². The molecule has 2 heterocycles. The third-order valence-electron chi connectivity index (χ3n) is 4.83. The fourth-order valence-electron chi connectivity index (χ4n) is 3.41. The van der Waals surface area contributed by atoms with Gasteiger partial charge < -0.3 is 15.2 Å². The van der Waals surface area contributed by atoms with Crippen molar-refractivity contribution in [3.8, 4) is 0 Å². The molecule has 0 radical (unpaired) electrons. The lowest BCUT2D eigenvalue weighted by Crippen LogP contribution is -2.52. The zero-order valence-corrected chi connectivity index (χ0v) is 12.2. The Kier molecular flexibility index (Phi) is 2.71. The van der Waals surface area contributed by atoms with Gasteiger partial charge in [0.05, 0.1) is 11.0 Å². The number of nitrogen functional groups attached to an aromatic ring is 1. The second-order valence-electron chi connectivity index (χ2n) is 6.11. The van der Waals surface area contributed by atoms with Gasteiger partial charge in [-0.25, -0.2) is 4.98 Å². The maximum absolute atomic E-state index is 12.6. The third kappa shape index (κ3) is 1.91. The smallest absolute Gasteiger partial charge is 0.254 e. The summed E-state index contributed by atoms with van der Waals surface area (Å²) in [6.45, 7) is 3.71. The van der Waals surface area contributed by atoms with Crippen LogP contribution in [0.4, 0.5) is 5.95 Å². The lowest BCUT2D eigenvalue weighted by atomic mass is 9.96. The molecular weight excluding hydrogens is 264 g/mol. The van der Waals surface area contributed by atoms with E-state index >= 15 is 0 Å². The van der Waals surface area contributed by atoms with E-state index in [1.165, 1.54) is 12.8 Å². The van der Waals surface area contributed by atoms with E-state index in [0.717, 1.165) is 42.0 Å². The molecule has 2 N–H and O–H groups in total. The van der Waals surface area contributed by atoms with Crippen LogP contribution in [0.5, 0.6) is 0 Å². The molecule has 1 unspecified atom stereocenters. The molecule has 2 fully saturated rings. The van der Waals surface area contributed by atoms with E-state index in [0.29, 0.717) is 12.0 Å². The molecule has 2 aliphatic rings. The van der Waals surface area contributed by atoms with Gasteiger partial charge in [0.15, 0.2) is 0 Å². The van der Waals surface area contributed by atoms with E-state index < -0.39 is 0 Å². The zero-order chi connectivity index (χ0) is 14.6. The van der Waals surface area contributed by atoms with Gasteiger partial charge in [0, 0.05) is 24.7 Å². The van der Waals surface area contributed by atoms with Crippen molar-refractivity contribution in [1.82, 2.24) is 14.5 Å². The van der Waals surface area contributed by atoms with Crippen LogP contribution in [0.3, 0.4) is 0 Å². The molecule has 5 heteroatoms. The molecule has 1 saturated carbocycles. The largest absolute Gasteiger partial charge is 0.369 e. The van der Waals surface area contributed by atoms with Crippen LogP contribution in [-0.4, -0.2) is 32.9 Å². The Balaban J connectivity index is 1.65. The number of likely N-dealkylation sites (tertiary alicyclic amines) is 1. The summed E-state index contributed by atoms with van der Waals surface area (Å²) in [6.07, 6.45) is 3.73. The van der Waals surface area contributed by atoms with Crippen molar-refractivity contribution in [2.24, 2.45) is 5.92 Å². The predicted octanol–water partition coefficient (Wildman–Crippen LogP) is 2.26. The highest BCUT2D eigenvalue weighted by atomic mass is 16.2. The van der Waals surface area contributed by atoms with E-state index in [2.05, 4.69) is 4.98 Å². The van der Waals surface area contributed by atoms with E-state index in [1.807, 2.05) is 34.6 Å². The van der Waals surface area contributed by atoms with E-state index in [9.17, 15) is 4.79 Å². The van der Waals surface area contributed by atoms with Crippen LogP contribution >= 0.6 is 0 Å². The first-order chi connectivity index (χ1) is 10.2. The second-order valence-corrected chi connectivity index (χ2v) is 6.11. The monoisotopic (exact) mass is 284 g/mol. The third-order valence-corrected chi connectivity index (χ3v) is 4.83. The highest BCUT2D eigenvalue weighted by Crippen LogP contribution is 2.41. The van der Waals surface area contributed by atoms with Crippen molar-refractivity contribution in [3.63, 3.8) is 0 Å². The van der Waals surface area contributed by atoms with Gasteiger partial charge in [-0.05, 0) is 50.3 Å². The molecule has 1 saturated heterocycles. The number of rotatable bonds is 3. The topological polar surface area (TPSA) is 64.2 Å². The average Bonchev–Trinajstić information content (AvgIpc) is 3.18. The van der Waals surface area contributed by atoms with Gasteiger partial charge in [-0.15, -0.1) is 0 Å². The van der Waals surface area contributed by atoms with E-state index in [1.54, 1.807) is 0 Å². The number of aryl methyl sites for hydroxylation is 1. The van der Waals surface area contributed by atoms with Gasteiger partial charge in [-0.3, -0.25) is 4.79 Å². The molecule has 0 spiro atoms. The minimum atomic E-state index is 0.143. The first-order valence-electron chi connectivity index (χ1n) is 7.75. The van der Waals surface area contributed by atoms with Crippen molar-refractivity contribution in [1.29, 1.82) is 0 Å². The number of amides is 1. The Bertz CT molecular complexity index is 716. The molecule has 110 valence electrons. The Morgan fingerprint density at radius 2 is 2.19 bits per heavy atom. The van der Waals surface area contributed by atoms with Crippen LogP contribution in [0.1, 0.15) is 36.5 Å². The van der Waals surface area contributed by atoms with Crippen LogP contribution in [0.2, 0.25) is 0 Å². The van der Waals surface area contributed by atoms with Crippen molar-refractivity contribution in [3.05, 3.63) is 23.8 Å². The lowest BCUT2D eigenvalue weighted by molar-refractivity contribution is 0.0412. The number of carbonyl (C=O) groups excluding carboxylic acids is 1. The highest BCUT2D eigenvalue weighted by molar-refractivity contribution is 5.98. The van der Waals surface area contributed by atoms with Gasteiger partial charge in [0.1, 0.15) is 0 Å². The number of imidazole rings is 1. The Morgan fingerprint density at radius 3 is 2.81 bits per heavy atom. The summed E-state index contributed by atoms with van der Waals surface area (Å²) >= 11 is 0. The standard InChI is InChI=1S/C16H20N4O/c1-2-19-14-6-5-11(9-12(14)18-16(19)17)15(21)20-8-7-13(20)10-3-4-10/h5-6,9-10,13H,2-4,7-8H2,1H3,(H2,17,18). The molecule has 0 bridgehead atoms. The molecule has 4 rings (SSSR count). The summed E-state index contributed by atoms with van der Waals surface area (Å²) in [5, 5.41) is 0. The molecule has 2 aromatic rings. The molecule has 1 aromatic heterocycles. The second kappa shape index (κ2) is 4.48. The van der Waals surface area contributed by atoms with Crippen LogP contribution in [-0.2, 0) is 6.54 Å². The molecule has 1 aromatic carbocycles. The first kappa shape index (κ1) is 12.7. The Morgan fingerprint density at radius 1 is 1.38 bits per heavy atom. The fraction of sp³-hybridized carbons (Fsp3) is 0.500. The number of hydrogen-bond donors (Lipinski definition) is 1. The number of anilines is 1. The number of nitrogens with two attached hydrogens (primary N) is 1. The summed E-state index contributed by atoms with van der Waals surface area (Å²) in [4.78, 5) is 19.0. The van der Waals surface area contributed by atoms with Crippen LogP contribution in [0, 0.1) is 5.92 Å². The quantitative estimate of drug-likeness (QED) is 0.940. The maximum Gasteiger partial charge on any atom is 0.254 e. The van der Waals surface area contributed by atoms with Gasteiger partial charge in [-0.1, -0.05) is 0 Å². The Labute approximate surface area is 123 Å². The Hall–Kier alpha value is -2.04. The van der Waals surface area contributed by atoms with Crippen LogP contribution in [0.15, 0.2) is 18.2 Å². The van der Waals surface area contributed by atoms with Gasteiger partial charge in [-0.2, -0.15) is 0 Å². The van der Waals surface area contributed by atoms with Gasteiger partial charge >= 0.3 is 0 Å². The van der Waals surface area contributed by atoms with Gasteiger partial charge in [0.25, 0.3) is 5.91 Å². The molecule has 1 aliphatic carbocycles. The zero-order valence-electron chi connectivity index (χ0n) is 12.2. The number of nitrogens with zero attached hydrogens (tertiary/aromatic N) is 3. The molecule has 1 amide bonds.